The first kappa shape index (κ1) is 14.9. The number of fused-ring (bicyclic) bond motifs is 1. The van der Waals surface area contributed by atoms with Crippen LogP contribution in [-0.4, -0.2) is 44.1 Å². The van der Waals surface area contributed by atoms with Gasteiger partial charge in [0.15, 0.2) is 0 Å². The molecular formula is C14H19N3O2S. The smallest absolute Gasteiger partial charge is 0.214 e. The van der Waals surface area contributed by atoms with Gasteiger partial charge >= 0.3 is 0 Å². The largest absolute Gasteiger partial charge is 0.312 e. The fourth-order valence-corrected chi connectivity index (χ4v) is 2.68. The van der Waals surface area contributed by atoms with E-state index in [1.54, 1.807) is 20.3 Å². The van der Waals surface area contributed by atoms with Gasteiger partial charge in [-0.3, -0.25) is 4.98 Å². The van der Waals surface area contributed by atoms with E-state index in [2.05, 4.69) is 10.3 Å². The third-order valence-electron chi connectivity index (χ3n) is 3.12. The van der Waals surface area contributed by atoms with Gasteiger partial charge in [-0.25, -0.2) is 12.7 Å². The molecule has 0 unspecified atom stereocenters. The highest BCUT2D eigenvalue weighted by Crippen LogP contribution is 2.15. The van der Waals surface area contributed by atoms with Gasteiger partial charge in [0.1, 0.15) is 0 Å². The SMILES string of the molecule is CN(C)S(=O)(=O)CCNCc1cccc2cccnc12. The van der Waals surface area contributed by atoms with E-state index in [0.29, 0.717) is 13.1 Å². The van der Waals surface area contributed by atoms with Gasteiger partial charge in [0.05, 0.1) is 11.3 Å². The van der Waals surface area contributed by atoms with Crippen molar-refractivity contribution in [2.75, 3.05) is 26.4 Å². The normalized spacial score (nSPS) is 12.2. The van der Waals surface area contributed by atoms with E-state index in [1.165, 1.54) is 4.31 Å². The second-order valence-electron chi connectivity index (χ2n) is 4.77. The highest BCUT2D eigenvalue weighted by molar-refractivity contribution is 7.89. The number of nitrogens with one attached hydrogen (secondary N) is 1. The molecule has 0 amide bonds. The Bertz CT molecular complexity index is 678. The van der Waals surface area contributed by atoms with Crippen LogP contribution in [0.5, 0.6) is 0 Å². The predicted octanol–water partition coefficient (Wildman–Crippen LogP) is 1.22. The second kappa shape index (κ2) is 6.30. The zero-order valence-electron chi connectivity index (χ0n) is 11.7. The van der Waals surface area contributed by atoms with Gasteiger partial charge in [0.25, 0.3) is 0 Å². The van der Waals surface area contributed by atoms with Gasteiger partial charge in [-0.1, -0.05) is 24.3 Å². The van der Waals surface area contributed by atoms with Gasteiger partial charge < -0.3 is 5.32 Å². The summed E-state index contributed by atoms with van der Waals surface area (Å²) in [6.07, 6.45) is 1.77. The molecule has 5 nitrogen and oxygen atoms in total. The number of rotatable bonds is 6. The number of benzene rings is 1. The molecule has 0 aliphatic heterocycles. The molecule has 2 aromatic rings. The predicted molar refractivity (Wildman–Crippen MR) is 80.9 cm³/mol. The lowest BCUT2D eigenvalue weighted by Crippen LogP contribution is -2.31. The maximum atomic E-state index is 11.6. The summed E-state index contributed by atoms with van der Waals surface area (Å²) in [5.74, 6) is 0.0954. The topological polar surface area (TPSA) is 62.3 Å². The highest BCUT2D eigenvalue weighted by atomic mass is 32.2. The van der Waals surface area contributed by atoms with Crippen LogP contribution in [0.1, 0.15) is 5.56 Å². The molecule has 0 atom stereocenters. The van der Waals surface area contributed by atoms with E-state index in [0.717, 1.165) is 16.5 Å². The molecule has 0 fully saturated rings. The fraction of sp³-hybridized carbons (Fsp3) is 0.357. The van der Waals surface area contributed by atoms with E-state index >= 15 is 0 Å². The number of para-hydroxylation sites is 1. The number of pyridine rings is 1. The molecule has 0 aliphatic carbocycles. The first-order chi connectivity index (χ1) is 9.50. The Hall–Kier alpha value is -1.50. The fourth-order valence-electron chi connectivity index (χ4n) is 1.92. The van der Waals surface area contributed by atoms with Gasteiger partial charge in [-0.05, 0) is 11.6 Å². The summed E-state index contributed by atoms with van der Waals surface area (Å²) in [5.41, 5.74) is 2.03. The zero-order chi connectivity index (χ0) is 14.6. The Labute approximate surface area is 119 Å². The van der Waals surface area contributed by atoms with E-state index < -0.39 is 10.0 Å². The average Bonchev–Trinajstić information content (AvgIpc) is 2.43. The summed E-state index contributed by atoms with van der Waals surface area (Å²) in [6.45, 7) is 1.03. The maximum Gasteiger partial charge on any atom is 0.214 e. The number of hydrogen-bond acceptors (Lipinski definition) is 4. The lowest BCUT2D eigenvalue weighted by molar-refractivity contribution is 0.517. The molecule has 0 aliphatic rings. The van der Waals surface area contributed by atoms with Crippen LogP contribution >= 0.6 is 0 Å². The lowest BCUT2D eigenvalue weighted by Gasteiger charge is -2.12. The summed E-state index contributed by atoms with van der Waals surface area (Å²) >= 11 is 0. The van der Waals surface area contributed by atoms with Crippen LogP contribution in [0.15, 0.2) is 36.5 Å². The molecule has 0 saturated carbocycles. The molecule has 6 heteroatoms. The molecule has 1 aromatic carbocycles. The minimum absolute atomic E-state index is 0.0954. The van der Waals surface area contributed by atoms with Crippen molar-refractivity contribution in [1.82, 2.24) is 14.6 Å². The quantitative estimate of drug-likeness (QED) is 0.813. The first-order valence-corrected chi connectivity index (χ1v) is 8.05. The monoisotopic (exact) mass is 293 g/mol. The minimum Gasteiger partial charge on any atom is -0.312 e. The molecule has 2 rings (SSSR count). The van der Waals surface area contributed by atoms with E-state index in [9.17, 15) is 8.42 Å². The third kappa shape index (κ3) is 3.53. The van der Waals surface area contributed by atoms with Crippen LogP contribution in [0, 0.1) is 0 Å². The van der Waals surface area contributed by atoms with Gasteiger partial charge in [-0.15, -0.1) is 0 Å². The van der Waals surface area contributed by atoms with E-state index in [4.69, 9.17) is 0 Å². The molecule has 20 heavy (non-hydrogen) atoms. The summed E-state index contributed by atoms with van der Waals surface area (Å²) in [7, 11) is -0.0487. The van der Waals surface area contributed by atoms with Crippen LogP contribution in [-0.2, 0) is 16.6 Å². The van der Waals surface area contributed by atoms with Crippen molar-refractivity contribution in [2.45, 2.75) is 6.54 Å². The standard InChI is InChI=1S/C14H19N3O2S/c1-17(2)20(18,19)10-9-15-11-13-6-3-5-12-7-4-8-16-14(12)13/h3-8,15H,9-11H2,1-2H3. The summed E-state index contributed by atoms with van der Waals surface area (Å²) in [4.78, 5) is 4.37. The molecular weight excluding hydrogens is 274 g/mol. The number of hydrogen-bond donors (Lipinski definition) is 1. The number of aromatic nitrogens is 1. The molecule has 1 N–H and O–H groups in total. The summed E-state index contributed by atoms with van der Waals surface area (Å²) in [6, 6.07) is 9.92. The van der Waals surface area contributed by atoms with Crippen molar-refractivity contribution in [3.05, 3.63) is 42.1 Å². The summed E-state index contributed by atoms with van der Waals surface area (Å²) in [5, 5.41) is 4.25. The first-order valence-electron chi connectivity index (χ1n) is 6.44. The van der Waals surface area contributed by atoms with Gasteiger partial charge in [0, 0.05) is 38.8 Å². The molecule has 0 spiro atoms. The highest BCUT2D eigenvalue weighted by Gasteiger charge is 2.12. The summed E-state index contributed by atoms with van der Waals surface area (Å²) < 4.78 is 24.5. The Balaban J connectivity index is 1.97. The Morgan fingerprint density at radius 3 is 2.70 bits per heavy atom. The molecule has 1 aromatic heterocycles. The Kier molecular flexibility index (Phi) is 4.69. The van der Waals surface area contributed by atoms with Crippen molar-refractivity contribution in [3.8, 4) is 0 Å². The van der Waals surface area contributed by atoms with Gasteiger partial charge in [0.2, 0.25) is 10.0 Å². The van der Waals surface area contributed by atoms with Gasteiger partial charge in [-0.2, -0.15) is 0 Å². The maximum absolute atomic E-state index is 11.6. The molecule has 0 bridgehead atoms. The molecule has 1 heterocycles. The van der Waals surface area contributed by atoms with Crippen molar-refractivity contribution < 1.29 is 8.42 Å². The Morgan fingerprint density at radius 1 is 1.20 bits per heavy atom. The van der Waals surface area contributed by atoms with Crippen LogP contribution in [0.3, 0.4) is 0 Å². The minimum atomic E-state index is -3.14. The Morgan fingerprint density at radius 2 is 1.95 bits per heavy atom. The van der Waals surface area contributed by atoms with E-state index in [1.807, 2.05) is 30.3 Å². The lowest BCUT2D eigenvalue weighted by atomic mass is 10.1. The van der Waals surface area contributed by atoms with Crippen molar-refractivity contribution in [2.24, 2.45) is 0 Å². The van der Waals surface area contributed by atoms with Crippen molar-refractivity contribution in [1.29, 1.82) is 0 Å². The van der Waals surface area contributed by atoms with E-state index in [-0.39, 0.29) is 5.75 Å². The average molecular weight is 293 g/mol. The molecule has 108 valence electrons. The van der Waals surface area contributed by atoms with Crippen molar-refractivity contribution >= 4 is 20.9 Å². The van der Waals surface area contributed by atoms with Crippen LogP contribution < -0.4 is 5.32 Å². The molecule has 0 radical (unpaired) electrons. The number of nitrogens with zero attached hydrogens (tertiary/aromatic N) is 2. The van der Waals surface area contributed by atoms with Crippen LogP contribution in [0.2, 0.25) is 0 Å². The zero-order valence-corrected chi connectivity index (χ0v) is 12.5. The molecule has 0 saturated heterocycles. The van der Waals surface area contributed by atoms with Crippen molar-refractivity contribution in [3.63, 3.8) is 0 Å². The second-order valence-corrected chi connectivity index (χ2v) is 7.07. The number of sulfonamides is 1. The third-order valence-corrected chi connectivity index (χ3v) is 4.96. The van der Waals surface area contributed by atoms with Crippen LogP contribution in [0.25, 0.3) is 10.9 Å². The van der Waals surface area contributed by atoms with Crippen LogP contribution in [0.4, 0.5) is 0 Å².